The van der Waals surface area contributed by atoms with Crippen LogP contribution in [0.4, 0.5) is 55.6 Å². The highest BCUT2D eigenvalue weighted by Crippen LogP contribution is 2.32. The first-order valence-corrected chi connectivity index (χ1v) is 12.3. The fourth-order valence-electron chi connectivity index (χ4n) is 3.73. The Labute approximate surface area is 236 Å². The number of rotatable bonds is 8. The number of carbonyl (C=O) groups excluding carboxylic acids is 2. The van der Waals surface area contributed by atoms with Crippen molar-refractivity contribution >= 4 is 40.8 Å². The van der Waals surface area contributed by atoms with Gasteiger partial charge in [-0.25, -0.2) is 18.6 Å². The van der Waals surface area contributed by atoms with Gasteiger partial charge in [-0.3, -0.25) is 4.79 Å². The summed E-state index contributed by atoms with van der Waals surface area (Å²) in [6.07, 6.45) is -3.71. The summed E-state index contributed by atoms with van der Waals surface area (Å²) >= 11 is 0. The molecule has 0 bridgehead atoms. The lowest BCUT2D eigenvalue weighted by Gasteiger charge is -2.12. The van der Waals surface area contributed by atoms with E-state index in [1.807, 2.05) is 0 Å². The number of nitrogens with one attached hydrogen (secondary N) is 5. The molecule has 0 radical (unpaired) electrons. The van der Waals surface area contributed by atoms with E-state index in [9.17, 15) is 31.5 Å². The van der Waals surface area contributed by atoms with Gasteiger partial charge >= 0.3 is 12.2 Å². The van der Waals surface area contributed by atoms with Gasteiger partial charge in [-0.05, 0) is 60.5 Å². The summed E-state index contributed by atoms with van der Waals surface area (Å²) in [6, 6.07) is 12.1. The van der Waals surface area contributed by atoms with Crippen LogP contribution >= 0.6 is 0 Å². The van der Waals surface area contributed by atoms with Gasteiger partial charge in [0.05, 0.1) is 17.4 Å². The summed E-state index contributed by atoms with van der Waals surface area (Å²) in [5.41, 5.74) is 0.973. The van der Waals surface area contributed by atoms with Gasteiger partial charge in [-0.15, -0.1) is 0 Å². The first-order valence-electron chi connectivity index (χ1n) is 12.3. The standard InChI is InChI=1S/C28H24F5N7O2/c1-15-3-7-19(12-20(15)25(41)34-2)37-26-36-14-22(30)24(40-26)35-13-16-4-8-18(9-5-16)38-27(42)39-23-11-17(28(31,32)33)6-10-21(23)29/h3-12,14H,13H2,1-2H3,(H,34,41)(H2,38,39,42)(H2,35,36,37,40). The molecule has 14 heteroatoms. The molecule has 1 aromatic heterocycles. The topological polar surface area (TPSA) is 120 Å². The minimum absolute atomic E-state index is 0.0872. The SMILES string of the molecule is CNC(=O)c1cc(Nc2ncc(F)c(NCc3ccc(NC(=O)Nc4cc(C(F)(F)F)ccc4F)cc3)n2)ccc1C. The zero-order chi connectivity index (χ0) is 30.4. The van der Waals surface area contributed by atoms with Crippen molar-refractivity contribution in [3.63, 3.8) is 0 Å². The Bertz CT molecular complexity index is 1610. The maximum absolute atomic E-state index is 14.4. The summed E-state index contributed by atoms with van der Waals surface area (Å²) in [7, 11) is 1.52. The highest BCUT2D eigenvalue weighted by Gasteiger charge is 2.31. The third-order valence-corrected chi connectivity index (χ3v) is 5.92. The number of halogens is 5. The molecule has 4 rings (SSSR count). The minimum Gasteiger partial charge on any atom is -0.363 e. The lowest BCUT2D eigenvalue weighted by atomic mass is 10.1. The van der Waals surface area contributed by atoms with Crippen LogP contribution in [-0.4, -0.2) is 29.0 Å². The molecule has 0 spiro atoms. The number of alkyl halides is 3. The molecular weight excluding hydrogens is 561 g/mol. The molecule has 4 aromatic rings. The Morgan fingerprint density at radius 2 is 1.60 bits per heavy atom. The van der Waals surface area contributed by atoms with E-state index < -0.39 is 35.1 Å². The Balaban J connectivity index is 1.36. The van der Waals surface area contributed by atoms with E-state index in [0.29, 0.717) is 35.0 Å². The number of nitrogens with zero attached hydrogens (tertiary/aromatic N) is 2. The largest absolute Gasteiger partial charge is 0.416 e. The average molecular weight is 586 g/mol. The van der Waals surface area contributed by atoms with Gasteiger partial charge in [-0.2, -0.15) is 18.2 Å². The number of hydrogen-bond donors (Lipinski definition) is 5. The Morgan fingerprint density at radius 3 is 2.29 bits per heavy atom. The molecular formula is C28H24F5N7O2. The summed E-state index contributed by atoms with van der Waals surface area (Å²) in [6.45, 7) is 1.94. The van der Waals surface area contributed by atoms with Crippen molar-refractivity contribution in [1.82, 2.24) is 15.3 Å². The zero-order valence-electron chi connectivity index (χ0n) is 22.2. The number of anilines is 5. The second-order valence-electron chi connectivity index (χ2n) is 8.95. The van der Waals surface area contributed by atoms with Crippen molar-refractivity contribution in [2.24, 2.45) is 0 Å². The van der Waals surface area contributed by atoms with Gasteiger partial charge in [0, 0.05) is 30.5 Å². The lowest BCUT2D eigenvalue weighted by Crippen LogP contribution is -2.20. The van der Waals surface area contributed by atoms with Crippen molar-refractivity contribution in [2.75, 3.05) is 28.3 Å². The third-order valence-electron chi connectivity index (χ3n) is 5.92. The highest BCUT2D eigenvalue weighted by atomic mass is 19.4. The molecule has 1 heterocycles. The fraction of sp³-hybridized carbons (Fsp3) is 0.143. The van der Waals surface area contributed by atoms with Crippen molar-refractivity contribution in [1.29, 1.82) is 0 Å². The monoisotopic (exact) mass is 585 g/mol. The van der Waals surface area contributed by atoms with Crippen LogP contribution < -0.4 is 26.6 Å². The fourth-order valence-corrected chi connectivity index (χ4v) is 3.73. The number of carbonyl (C=O) groups is 2. The van der Waals surface area contributed by atoms with Crippen LogP contribution in [0.5, 0.6) is 0 Å². The van der Waals surface area contributed by atoms with Crippen LogP contribution in [-0.2, 0) is 12.7 Å². The molecule has 0 aliphatic rings. The number of benzene rings is 3. The van der Waals surface area contributed by atoms with Crippen molar-refractivity contribution in [3.8, 4) is 0 Å². The quantitative estimate of drug-likeness (QED) is 0.152. The van der Waals surface area contributed by atoms with Gasteiger partial charge < -0.3 is 26.6 Å². The maximum Gasteiger partial charge on any atom is 0.416 e. The molecule has 9 nitrogen and oxygen atoms in total. The molecule has 0 saturated heterocycles. The molecule has 0 saturated carbocycles. The molecule has 5 N–H and O–H groups in total. The molecule has 3 amide bonds. The number of urea groups is 1. The number of hydrogen-bond acceptors (Lipinski definition) is 6. The molecule has 42 heavy (non-hydrogen) atoms. The smallest absolute Gasteiger partial charge is 0.363 e. The van der Waals surface area contributed by atoms with Gasteiger partial charge in [0.15, 0.2) is 11.6 Å². The average Bonchev–Trinajstić information content (AvgIpc) is 2.95. The van der Waals surface area contributed by atoms with E-state index in [1.165, 1.54) is 19.2 Å². The number of aromatic nitrogens is 2. The van der Waals surface area contributed by atoms with Crippen molar-refractivity contribution in [2.45, 2.75) is 19.6 Å². The van der Waals surface area contributed by atoms with E-state index in [1.54, 1.807) is 37.3 Å². The van der Waals surface area contributed by atoms with Crippen LogP contribution in [0, 0.1) is 18.6 Å². The summed E-state index contributed by atoms with van der Waals surface area (Å²) in [5.74, 6) is -1.98. The third kappa shape index (κ3) is 7.47. The van der Waals surface area contributed by atoms with Gasteiger partial charge in [0.2, 0.25) is 5.95 Å². The molecule has 3 aromatic carbocycles. The minimum atomic E-state index is -4.70. The number of amides is 3. The van der Waals surface area contributed by atoms with E-state index in [4.69, 9.17) is 0 Å². The first kappa shape index (κ1) is 29.7. The predicted octanol–water partition coefficient (Wildman–Crippen LogP) is 6.44. The van der Waals surface area contributed by atoms with Crippen LogP contribution in [0.1, 0.15) is 27.0 Å². The van der Waals surface area contributed by atoms with Crippen molar-refractivity contribution in [3.05, 3.63) is 101 Å². The number of aryl methyl sites for hydroxylation is 1. The first-order chi connectivity index (χ1) is 19.9. The maximum atomic E-state index is 14.4. The van der Waals surface area contributed by atoms with Gasteiger partial charge in [-0.1, -0.05) is 18.2 Å². The molecule has 0 aliphatic carbocycles. The van der Waals surface area contributed by atoms with E-state index in [2.05, 4.69) is 36.6 Å². The second-order valence-corrected chi connectivity index (χ2v) is 8.95. The Hall–Kier alpha value is -5.27. The summed E-state index contributed by atoms with van der Waals surface area (Å²) in [4.78, 5) is 32.4. The highest BCUT2D eigenvalue weighted by molar-refractivity contribution is 6.00. The molecule has 218 valence electrons. The van der Waals surface area contributed by atoms with Crippen LogP contribution in [0.2, 0.25) is 0 Å². The van der Waals surface area contributed by atoms with Gasteiger partial charge in [0.25, 0.3) is 5.91 Å². The van der Waals surface area contributed by atoms with Gasteiger partial charge in [0.1, 0.15) is 5.82 Å². The van der Waals surface area contributed by atoms with E-state index in [-0.39, 0.29) is 29.9 Å². The van der Waals surface area contributed by atoms with Crippen LogP contribution in [0.25, 0.3) is 0 Å². The van der Waals surface area contributed by atoms with Crippen molar-refractivity contribution < 1.29 is 31.5 Å². The van der Waals surface area contributed by atoms with Crippen LogP contribution in [0.15, 0.2) is 66.9 Å². The Kier molecular flexibility index (Phi) is 8.84. The lowest BCUT2D eigenvalue weighted by molar-refractivity contribution is -0.137. The van der Waals surface area contributed by atoms with Crippen LogP contribution in [0.3, 0.4) is 0 Å². The summed E-state index contributed by atoms with van der Waals surface area (Å²) in [5, 5.41) is 12.8. The molecule has 0 unspecified atom stereocenters. The Morgan fingerprint density at radius 1 is 0.881 bits per heavy atom. The zero-order valence-corrected chi connectivity index (χ0v) is 22.2. The normalized spacial score (nSPS) is 11.0. The summed E-state index contributed by atoms with van der Waals surface area (Å²) < 4.78 is 66.9. The second kappa shape index (κ2) is 12.5. The molecule has 0 atom stereocenters. The molecule has 0 aliphatic heterocycles. The van der Waals surface area contributed by atoms with E-state index >= 15 is 0 Å². The molecule has 0 fully saturated rings. The van der Waals surface area contributed by atoms with E-state index in [0.717, 1.165) is 11.8 Å². The predicted molar refractivity (Wildman–Crippen MR) is 148 cm³/mol.